The van der Waals surface area contributed by atoms with E-state index < -0.39 is 0 Å². The second-order valence-electron chi connectivity index (χ2n) is 5.12. The zero-order chi connectivity index (χ0) is 14.5. The molecule has 0 aromatic heterocycles. The molecular weight excluding hydrogens is 258 g/mol. The lowest BCUT2D eigenvalue weighted by atomic mass is 9.89. The van der Waals surface area contributed by atoms with Gasteiger partial charge in [0.05, 0.1) is 5.92 Å². The molecule has 0 bridgehead atoms. The molecule has 2 aromatic carbocycles. The first kappa shape index (κ1) is 13.4. The van der Waals surface area contributed by atoms with E-state index in [1.165, 1.54) is 5.57 Å². The molecule has 2 nitrogen and oxygen atoms in total. The van der Waals surface area contributed by atoms with E-state index in [1.54, 1.807) is 12.4 Å². The van der Waals surface area contributed by atoms with Crippen LogP contribution in [0.5, 0.6) is 0 Å². The van der Waals surface area contributed by atoms with Gasteiger partial charge in [0.25, 0.3) is 0 Å². The maximum Gasteiger partial charge on any atom is 0.176 e. The van der Waals surface area contributed by atoms with Crippen molar-refractivity contribution in [2.24, 2.45) is 0 Å². The highest BCUT2D eigenvalue weighted by Crippen LogP contribution is 2.28. The molecule has 1 heterocycles. The van der Waals surface area contributed by atoms with Crippen LogP contribution in [0.25, 0.3) is 6.08 Å². The second-order valence-corrected chi connectivity index (χ2v) is 5.12. The van der Waals surface area contributed by atoms with Crippen molar-refractivity contribution in [3.63, 3.8) is 0 Å². The lowest BCUT2D eigenvalue weighted by Gasteiger charge is -2.14. The van der Waals surface area contributed by atoms with Crippen molar-refractivity contribution in [1.82, 2.24) is 0 Å². The van der Waals surface area contributed by atoms with Crippen LogP contribution in [-0.4, -0.2) is 11.0 Å². The van der Waals surface area contributed by atoms with Crippen LogP contribution in [-0.2, 0) is 0 Å². The van der Waals surface area contributed by atoms with E-state index in [-0.39, 0.29) is 5.92 Å². The zero-order valence-corrected chi connectivity index (χ0v) is 11.7. The van der Waals surface area contributed by atoms with E-state index in [0.717, 1.165) is 22.3 Å². The fourth-order valence-corrected chi connectivity index (χ4v) is 2.58. The molecule has 0 saturated heterocycles. The minimum absolute atomic E-state index is 0.0129. The largest absolute Gasteiger partial charge is 0.619 e. The van der Waals surface area contributed by atoms with Crippen LogP contribution in [0.15, 0.2) is 78.5 Å². The van der Waals surface area contributed by atoms with E-state index in [1.807, 2.05) is 42.5 Å². The van der Waals surface area contributed by atoms with Crippen LogP contribution in [0.2, 0.25) is 0 Å². The Balaban J connectivity index is 2.04. The lowest BCUT2D eigenvalue weighted by molar-refractivity contribution is -0.374. The maximum absolute atomic E-state index is 11.8. The normalized spacial score (nSPS) is 20.1. The summed E-state index contributed by atoms with van der Waals surface area (Å²) in [7, 11) is 0. The first-order valence-corrected chi connectivity index (χ1v) is 7.10. The molecule has 1 aliphatic rings. The molecule has 104 valence electrons. The summed E-state index contributed by atoms with van der Waals surface area (Å²) in [4.78, 5) is 0. The fraction of sp³-hybridized carbons (Fsp3) is 0.105. The number of benzene rings is 2. The SMILES string of the molecule is [O-][N+]1=CC(c2ccccc2)/C(=C\c2ccccc2)CC=C1. The molecule has 0 aliphatic carbocycles. The predicted octanol–water partition coefficient (Wildman–Crippen LogP) is 4.35. The fourth-order valence-electron chi connectivity index (χ4n) is 2.58. The van der Waals surface area contributed by atoms with Crippen LogP contribution >= 0.6 is 0 Å². The summed E-state index contributed by atoms with van der Waals surface area (Å²) < 4.78 is 0.906. The molecule has 0 saturated carbocycles. The molecule has 1 aliphatic heterocycles. The van der Waals surface area contributed by atoms with Crippen molar-refractivity contribution in [3.05, 3.63) is 94.8 Å². The molecule has 1 unspecified atom stereocenters. The van der Waals surface area contributed by atoms with Crippen LogP contribution in [0.4, 0.5) is 0 Å². The number of hydrogen-bond donors (Lipinski definition) is 0. The van der Waals surface area contributed by atoms with Crippen LogP contribution in [0.3, 0.4) is 0 Å². The van der Waals surface area contributed by atoms with Gasteiger partial charge in [-0.05, 0) is 29.2 Å². The molecule has 0 fully saturated rings. The Bertz CT molecular complexity index is 684. The molecular formula is C19H17NO. The average Bonchev–Trinajstić information content (AvgIpc) is 2.71. The van der Waals surface area contributed by atoms with E-state index >= 15 is 0 Å². The molecule has 3 rings (SSSR count). The zero-order valence-electron chi connectivity index (χ0n) is 11.7. The van der Waals surface area contributed by atoms with E-state index in [4.69, 9.17) is 0 Å². The Morgan fingerprint density at radius 1 is 0.952 bits per heavy atom. The highest BCUT2D eigenvalue weighted by Gasteiger charge is 2.19. The van der Waals surface area contributed by atoms with Gasteiger partial charge in [0.2, 0.25) is 0 Å². The quantitative estimate of drug-likeness (QED) is 0.591. The third kappa shape index (κ3) is 3.29. The van der Waals surface area contributed by atoms with E-state index in [9.17, 15) is 5.21 Å². The van der Waals surface area contributed by atoms with E-state index in [0.29, 0.717) is 0 Å². The number of rotatable bonds is 2. The third-order valence-electron chi connectivity index (χ3n) is 3.61. The number of allylic oxidation sites excluding steroid dienone is 2. The van der Waals surface area contributed by atoms with Crippen molar-refractivity contribution in [2.45, 2.75) is 12.3 Å². The molecule has 0 spiro atoms. The van der Waals surface area contributed by atoms with Crippen molar-refractivity contribution < 1.29 is 4.74 Å². The predicted molar refractivity (Wildman–Crippen MR) is 87.1 cm³/mol. The lowest BCUT2D eigenvalue weighted by Crippen LogP contribution is -2.08. The highest BCUT2D eigenvalue weighted by atomic mass is 16.5. The van der Waals surface area contributed by atoms with Crippen molar-refractivity contribution in [3.8, 4) is 0 Å². The maximum atomic E-state index is 11.8. The number of hydroxylamine groups is 1. The van der Waals surface area contributed by atoms with Crippen molar-refractivity contribution in [1.29, 1.82) is 0 Å². The third-order valence-corrected chi connectivity index (χ3v) is 3.61. The topological polar surface area (TPSA) is 26.1 Å². The highest BCUT2D eigenvalue weighted by molar-refractivity contribution is 5.73. The molecule has 1 atom stereocenters. The Labute approximate surface area is 125 Å². The van der Waals surface area contributed by atoms with Crippen molar-refractivity contribution in [2.75, 3.05) is 0 Å². The first-order valence-electron chi connectivity index (χ1n) is 7.10. The Morgan fingerprint density at radius 3 is 2.33 bits per heavy atom. The van der Waals surface area contributed by atoms with Gasteiger partial charge in [-0.3, -0.25) is 0 Å². The van der Waals surface area contributed by atoms with Crippen LogP contribution in [0, 0.1) is 5.21 Å². The van der Waals surface area contributed by atoms with Crippen LogP contribution in [0.1, 0.15) is 23.5 Å². The van der Waals surface area contributed by atoms with E-state index in [2.05, 4.69) is 30.3 Å². The van der Waals surface area contributed by atoms with Gasteiger partial charge >= 0.3 is 0 Å². The van der Waals surface area contributed by atoms with Crippen LogP contribution < -0.4 is 0 Å². The molecule has 0 N–H and O–H groups in total. The van der Waals surface area contributed by atoms with Gasteiger partial charge in [-0.15, -0.1) is 0 Å². The summed E-state index contributed by atoms with van der Waals surface area (Å²) in [5, 5.41) is 11.8. The van der Waals surface area contributed by atoms with Gasteiger partial charge in [0, 0.05) is 0 Å². The molecule has 0 radical (unpaired) electrons. The number of hydrogen-bond acceptors (Lipinski definition) is 1. The second kappa shape index (κ2) is 6.23. The van der Waals surface area contributed by atoms with Gasteiger partial charge in [0.1, 0.15) is 0 Å². The summed E-state index contributed by atoms with van der Waals surface area (Å²) in [6.45, 7) is 0. The first-order chi connectivity index (χ1) is 10.3. The Morgan fingerprint density at radius 2 is 1.62 bits per heavy atom. The van der Waals surface area contributed by atoms with Gasteiger partial charge in [0.15, 0.2) is 12.4 Å². The van der Waals surface area contributed by atoms with Gasteiger partial charge < -0.3 is 5.21 Å². The molecule has 2 aromatic rings. The minimum atomic E-state index is 0.0129. The molecule has 0 amide bonds. The van der Waals surface area contributed by atoms with Crippen molar-refractivity contribution >= 4 is 12.3 Å². The summed E-state index contributed by atoms with van der Waals surface area (Å²) >= 11 is 0. The smallest absolute Gasteiger partial charge is 0.176 e. The summed E-state index contributed by atoms with van der Waals surface area (Å²) in [5.74, 6) is 0.0129. The van der Waals surface area contributed by atoms with Gasteiger partial charge in [-0.25, -0.2) is 0 Å². The minimum Gasteiger partial charge on any atom is -0.619 e. The molecule has 2 heteroatoms. The van der Waals surface area contributed by atoms with Gasteiger partial charge in [-0.1, -0.05) is 66.7 Å². The summed E-state index contributed by atoms with van der Waals surface area (Å²) in [6.07, 6.45) is 8.19. The monoisotopic (exact) mass is 275 g/mol. The molecule has 21 heavy (non-hydrogen) atoms. The average molecular weight is 275 g/mol. The summed E-state index contributed by atoms with van der Waals surface area (Å²) in [5.41, 5.74) is 3.53. The Kier molecular flexibility index (Phi) is 3.97. The number of nitrogens with zero attached hydrogens (tertiary/aromatic N) is 1. The summed E-state index contributed by atoms with van der Waals surface area (Å²) in [6, 6.07) is 20.4. The standard InChI is InChI=1S/C19H17NO/c21-20-13-7-12-18(14-16-8-3-1-4-9-16)19(15-20)17-10-5-2-6-11-17/h1-11,13-15,19H,12H2/b18-14-. The van der Waals surface area contributed by atoms with Gasteiger partial charge in [-0.2, -0.15) is 4.74 Å². The Hall–Kier alpha value is -2.61.